The Morgan fingerprint density at radius 1 is 1.16 bits per heavy atom. The van der Waals surface area contributed by atoms with Crippen LogP contribution in [0, 0.1) is 0 Å². The Morgan fingerprint density at radius 3 is 2.47 bits per heavy atom. The lowest BCUT2D eigenvalue weighted by atomic mass is 9.74. The highest BCUT2D eigenvalue weighted by atomic mass is 19.1. The molecule has 0 radical (unpaired) electrons. The van der Waals surface area contributed by atoms with Crippen LogP contribution in [0.5, 0.6) is 0 Å². The maximum absolute atomic E-state index is 15.6. The zero-order valence-corrected chi connectivity index (χ0v) is 19.3. The van der Waals surface area contributed by atoms with Crippen molar-refractivity contribution < 1.29 is 18.7 Å². The van der Waals surface area contributed by atoms with Gasteiger partial charge in [-0.2, -0.15) is 0 Å². The summed E-state index contributed by atoms with van der Waals surface area (Å²) in [6.07, 6.45) is 3.80. The van der Waals surface area contributed by atoms with Crippen molar-refractivity contribution in [3.8, 4) is 0 Å². The lowest BCUT2D eigenvalue weighted by Crippen LogP contribution is -2.53. The van der Waals surface area contributed by atoms with Gasteiger partial charge < -0.3 is 19.4 Å². The van der Waals surface area contributed by atoms with Gasteiger partial charge in [-0.15, -0.1) is 0 Å². The number of hydrogen-bond acceptors (Lipinski definition) is 5. The normalized spacial score (nSPS) is 22.0. The third kappa shape index (κ3) is 4.27. The Balaban J connectivity index is 1.37. The van der Waals surface area contributed by atoms with E-state index < -0.39 is 5.67 Å². The van der Waals surface area contributed by atoms with E-state index in [2.05, 4.69) is 16.0 Å². The van der Waals surface area contributed by atoms with Gasteiger partial charge in [0.1, 0.15) is 11.5 Å². The number of fused-ring (bicyclic) bond motifs is 2. The van der Waals surface area contributed by atoms with Crippen molar-refractivity contribution in [1.29, 1.82) is 0 Å². The number of carbonyl (C=O) groups excluding carboxylic acids is 2. The molecule has 0 unspecified atom stereocenters. The first-order valence-corrected chi connectivity index (χ1v) is 11.5. The second-order valence-corrected chi connectivity index (χ2v) is 9.53. The van der Waals surface area contributed by atoms with Gasteiger partial charge in [0.15, 0.2) is 0 Å². The molecule has 3 amide bonds. The number of rotatable bonds is 3. The highest BCUT2D eigenvalue weighted by molar-refractivity contribution is 5.93. The lowest BCUT2D eigenvalue weighted by Gasteiger charge is -2.43. The molecule has 3 aliphatic rings. The zero-order chi connectivity index (χ0) is 22.9. The van der Waals surface area contributed by atoms with E-state index in [-0.39, 0.29) is 17.5 Å². The van der Waals surface area contributed by atoms with Crippen LogP contribution in [-0.4, -0.2) is 97.4 Å². The minimum absolute atomic E-state index is 0.0553. The summed E-state index contributed by atoms with van der Waals surface area (Å²) in [5, 5.41) is 0. The summed E-state index contributed by atoms with van der Waals surface area (Å²) in [6.45, 7) is 5.48. The van der Waals surface area contributed by atoms with E-state index in [4.69, 9.17) is 4.74 Å². The predicted molar refractivity (Wildman–Crippen MR) is 120 cm³/mol. The summed E-state index contributed by atoms with van der Waals surface area (Å²) in [4.78, 5) is 36.3. The summed E-state index contributed by atoms with van der Waals surface area (Å²) >= 11 is 0. The van der Waals surface area contributed by atoms with Gasteiger partial charge in [0.25, 0.3) is 0 Å². The lowest BCUT2D eigenvalue weighted by molar-refractivity contribution is 0.0111. The molecule has 0 aromatic carbocycles. The van der Waals surface area contributed by atoms with E-state index in [9.17, 15) is 9.59 Å². The summed E-state index contributed by atoms with van der Waals surface area (Å²) in [5.74, 6) is 0.757. The summed E-state index contributed by atoms with van der Waals surface area (Å²) in [7, 11) is 3.51. The number of halogens is 1. The zero-order valence-electron chi connectivity index (χ0n) is 19.3. The van der Waals surface area contributed by atoms with Crippen molar-refractivity contribution in [2.24, 2.45) is 0 Å². The third-order valence-electron chi connectivity index (χ3n) is 7.19. The largest absolute Gasteiger partial charge is 0.450 e. The molecule has 8 nitrogen and oxygen atoms in total. The standard InChI is InChI=1S/C23H34FN5O3/c1-4-32-21(31)28-14-9-23(24,10-15-28)17-27-12-7-22(8-13-27)16-29(20(30)26(2)3)19-18(22)6-5-11-25-19/h5-6,11H,4,7-10,12-17H2,1-3H3. The van der Waals surface area contributed by atoms with Gasteiger partial charge in [-0.3, -0.25) is 4.90 Å². The smallest absolute Gasteiger partial charge is 0.409 e. The van der Waals surface area contributed by atoms with Crippen LogP contribution in [0.3, 0.4) is 0 Å². The highest BCUT2D eigenvalue weighted by Gasteiger charge is 2.48. The molecule has 2 fully saturated rings. The molecule has 0 saturated carbocycles. The van der Waals surface area contributed by atoms with Crippen LogP contribution >= 0.6 is 0 Å². The van der Waals surface area contributed by atoms with Crippen LogP contribution in [0.1, 0.15) is 38.2 Å². The van der Waals surface area contributed by atoms with E-state index in [0.29, 0.717) is 45.6 Å². The molecule has 3 aliphatic heterocycles. The second kappa shape index (κ2) is 8.84. The van der Waals surface area contributed by atoms with Gasteiger partial charge in [-0.25, -0.2) is 19.0 Å². The molecule has 4 rings (SSSR count). The molecular formula is C23H34FN5O3. The Kier molecular flexibility index (Phi) is 6.29. The molecule has 0 N–H and O–H groups in total. The highest BCUT2D eigenvalue weighted by Crippen LogP contribution is 2.46. The Bertz CT molecular complexity index is 848. The SMILES string of the molecule is CCOC(=O)N1CCC(F)(CN2CCC3(CC2)CN(C(=O)N(C)C)c2ncccc23)CC1. The molecule has 9 heteroatoms. The maximum Gasteiger partial charge on any atom is 0.409 e. The molecule has 0 aliphatic carbocycles. The van der Waals surface area contributed by atoms with Crippen LogP contribution in [0.15, 0.2) is 18.3 Å². The molecule has 176 valence electrons. The predicted octanol–water partition coefficient (Wildman–Crippen LogP) is 2.88. The van der Waals surface area contributed by atoms with Crippen molar-refractivity contribution in [3.05, 3.63) is 23.9 Å². The first-order valence-electron chi connectivity index (χ1n) is 11.5. The minimum Gasteiger partial charge on any atom is -0.450 e. The molecular weight excluding hydrogens is 413 g/mol. The monoisotopic (exact) mass is 447 g/mol. The molecule has 0 atom stereocenters. The second-order valence-electron chi connectivity index (χ2n) is 9.53. The summed E-state index contributed by atoms with van der Waals surface area (Å²) in [5.41, 5.74) is -0.273. The number of likely N-dealkylation sites (tertiary alicyclic amines) is 2. The number of hydrogen-bond donors (Lipinski definition) is 0. The first-order chi connectivity index (χ1) is 15.3. The van der Waals surface area contributed by atoms with Gasteiger partial charge in [-0.05, 0) is 38.9 Å². The third-order valence-corrected chi connectivity index (χ3v) is 7.19. The summed E-state index contributed by atoms with van der Waals surface area (Å²) < 4.78 is 20.6. The van der Waals surface area contributed by atoms with Crippen molar-refractivity contribution in [2.75, 3.05) is 64.9 Å². The maximum atomic E-state index is 15.6. The quantitative estimate of drug-likeness (QED) is 0.713. The van der Waals surface area contributed by atoms with Gasteiger partial charge >= 0.3 is 12.1 Å². The van der Waals surface area contributed by atoms with E-state index in [1.807, 2.05) is 6.07 Å². The number of aromatic nitrogens is 1. The number of amides is 3. The van der Waals surface area contributed by atoms with Crippen LogP contribution in [-0.2, 0) is 10.2 Å². The fraction of sp³-hybridized carbons (Fsp3) is 0.696. The average molecular weight is 448 g/mol. The van der Waals surface area contributed by atoms with Crippen molar-refractivity contribution in [2.45, 2.75) is 43.7 Å². The Labute approximate surface area is 189 Å². The minimum atomic E-state index is -1.28. The van der Waals surface area contributed by atoms with Crippen LogP contribution in [0.4, 0.5) is 19.8 Å². The van der Waals surface area contributed by atoms with Crippen molar-refractivity contribution in [3.63, 3.8) is 0 Å². The van der Waals surface area contributed by atoms with E-state index in [0.717, 1.165) is 37.3 Å². The molecule has 0 bridgehead atoms. The first kappa shape index (κ1) is 22.8. The number of piperidine rings is 2. The number of anilines is 1. The van der Waals surface area contributed by atoms with Gasteiger partial charge in [0.2, 0.25) is 0 Å². The fourth-order valence-electron chi connectivity index (χ4n) is 5.32. The summed E-state index contributed by atoms with van der Waals surface area (Å²) in [6, 6.07) is 3.97. The van der Waals surface area contributed by atoms with Gasteiger partial charge in [-0.1, -0.05) is 6.07 Å². The Morgan fingerprint density at radius 2 is 1.84 bits per heavy atom. The number of alkyl halides is 1. The van der Waals surface area contributed by atoms with Crippen LogP contribution in [0.25, 0.3) is 0 Å². The number of carbonyl (C=O) groups is 2. The topological polar surface area (TPSA) is 69.2 Å². The van der Waals surface area contributed by atoms with Crippen LogP contribution < -0.4 is 4.90 Å². The van der Waals surface area contributed by atoms with Gasteiger partial charge in [0, 0.05) is 70.3 Å². The van der Waals surface area contributed by atoms with Crippen molar-refractivity contribution >= 4 is 17.9 Å². The van der Waals surface area contributed by atoms with Gasteiger partial charge in [0.05, 0.1) is 6.61 Å². The molecule has 2 saturated heterocycles. The van der Waals surface area contributed by atoms with Crippen molar-refractivity contribution in [1.82, 2.24) is 19.7 Å². The number of urea groups is 1. The molecule has 1 spiro atoms. The molecule has 1 aromatic heterocycles. The number of nitrogens with zero attached hydrogens (tertiary/aromatic N) is 5. The number of pyridine rings is 1. The molecule has 4 heterocycles. The average Bonchev–Trinajstić information content (AvgIpc) is 3.10. The van der Waals surface area contributed by atoms with E-state index in [1.165, 1.54) is 0 Å². The number of ether oxygens (including phenoxy) is 1. The van der Waals surface area contributed by atoms with E-state index in [1.54, 1.807) is 41.9 Å². The molecule has 1 aromatic rings. The van der Waals surface area contributed by atoms with Crippen LogP contribution in [0.2, 0.25) is 0 Å². The fourth-order valence-corrected chi connectivity index (χ4v) is 5.32. The van der Waals surface area contributed by atoms with E-state index >= 15 is 4.39 Å². The Hall–Kier alpha value is -2.42. The molecule has 32 heavy (non-hydrogen) atoms.